The van der Waals surface area contributed by atoms with Crippen molar-refractivity contribution in [3.05, 3.63) is 47.6 Å². The minimum absolute atomic E-state index is 0.217. The van der Waals surface area contributed by atoms with E-state index in [2.05, 4.69) is 19.7 Å². The molecule has 0 spiro atoms. The summed E-state index contributed by atoms with van der Waals surface area (Å²) >= 11 is 1.25. The third-order valence-electron chi connectivity index (χ3n) is 3.21. The first-order valence-electron chi connectivity index (χ1n) is 6.93. The van der Waals surface area contributed by atoms with Gasteiger partial charge in [0.15, 0.2) is 0 Å². The lowest BCUT2D eigenvalue weighted by Crippen LogP contribution is -2.13. The van der Waals surface area contributed by atoms with Crippen molar-refractivity contribution in [2.24, 2.45) is 0 Å². The normalized spacial score (nSPS) is 11.6. The Hall–Kier alpha value is -2.26. The van der Waals surface area contributed by atoms with Gasteiger partial charge in [-0.3, -0.25) is 9.29 Å². The monoisotopic (exact) mass is 349 g/mol. The average Bonchev–Trinajstić information content (AvgIpc) is 3.16. The minimum Gasteiger partial charge on any atom is -0.288 e. The second-order valence-electron chi connectivity index (χ2n) is 4.79. The molecule has 3 aromatic rings. The molecule has 3 heterocycles. The number of aromatic nitrogens is 4. The summed E-state index contributed by atoms with van der Waals surface area (Å²) < 4.78 is 29.3. The van der Waals surface area contributed by atoms with Crippen molar-refractivity contribution in [1.82, 2.24) is 19.5 Å². The molecule has 0 saturated carbocycles. The van der Waals surface area contributed by atoms with Crippen molar-refractivity contribution in [2.45, 2.75) is 24.5 Å². The summed E-state index contributed by atoms with van der Waals surface area (Å²) in [4.78, 5) is 13.3. The van der Waals surface area contributed by atoms with E-state index >= 15 is 0 Å². The maximum atomic E-state index is 12.4. The maximum absolute atomic E-state index is 12.4. The average molecular weight is 349 g/mol. The number of hydrogen-bond acceptors (Lipinski definition) is 6. The molecule has 0 aromatic carbocycles. The van der Waals surface area contributed by atoms with Gasteiger partial charge >= 0.3 is 0 Å². The molecular weight excluding hydrogens is 334 g/mol. The van der Waals surface area contributed by atoms with E-state index in [1.807, 2.05) is 19.9 Å². The van der Waals surface area contributed by atoms with Crippen LogP contribution >= 0.6 is 11.3 Å². The molecule has 0 radical (unpaired) electrons. The number of hydrogen-bond donors (Lipinski definition) is 1. The summed E-state index contributed by atoms with van der Waals surface area (Å²) in [7, 11) is -3.64. The topological polar surface area (TPSA) is 89.8 Å². The number of imidazole rings is 1. The van der Waals surface area contributed by atoms with Gasteiger partial charge in [-0.15, -0.1) is 11.3 Å². The molecule has 3 aromatic heterocycles. The molecular formula is C14H15N5O2S2. The highest BCUT2D eigenvalue weighted by Crippen LogP contribution is 2.24. The van der Waals surface area contributed by atoms with E-state index < -0.39 is 10.0 Å². The minimum atomic E-state index is -3.64. The quantitative estimate of drug-likeness (QED) is 0.764. The number of nitrogens with one attached hydrogen (secondary N) is 1. The number of aryl methyl sites for hydroxylation is 2. The molecule has 0 aliphatic heterocycles. The second kappa shape index (κ2) is 6.09. The smallest absolute Gasteiger partial charge is 0.272 e. The Labute approximate surface area is 138 Å². The first kappa shape index (κ1) is 15.6. The van der Waals surface area contributed by atoms with Gasteiger partial charge in [0.1, 0.15) is 28.0 Å². The van der Waals surface area contributed by atoms with Crippen molar-refractivity contribution in [2.75, 3.05) is 4.72 Å². The first-order valence-corrected chi connectivity index (χ1v) is 9.23. The Morgan fingerprint density at radius 1 is 1.26 bits per heavy atom. The number of anilines is 1. The Bertz CT molecular complexity index is 930. The molecule has 0 amide bonds. The van der Waals surface area contributed by atoms with Gasteiger partial charge in [-0.2, -0.15) is 0 Å². The third-order valence-corrected chi connectivity index (χ3v) is 6.29. The van der Waals surface area contributed by atoms with Gasteiger partial charge < -0.3 is 0 Å². The van der Waals surface area contributed by atoms with E-state index in [0.29, 0.717) is 5.82 Å². The van der Waals surface area contributed by atoms with E-state index in [4.69, 9.17) is 0 Å². The van der Waals surface area contributed by atoms with E-state index in [0.717, 1.165) is 17.1 Å². The fraction of sp³-hybridized carbons (Fsp3) is 0.214. The number of thiophene rings is 1. The van der Waals surface area contributed by atoms with Crippen LogP contribution in [0.1, 0.15) is 17.6 Å². The molecule has 0 aliphatic rings. The number of rotatable bonds is 5. The fourth-order valence-electron chi connectivity index (χ4n) is 2.04. The zero-order chi connectivity index (χ0) is 16.4. The van der Waals surface area contributed by atoms with Crippen LogP contribution in [0.25, 0.3) is 5.82 Å². The van der Waals surface area contributed by atoms with Gasteiger partial charge in [0, 0.05) is 23.3 Å². The van der Waals surface area contributed by atoms with E-state index in [1.165, 1.54) is 17.7 Å². The van der Waals surface area contributed by atoms with Crippen molar-refractivity contribution >= 4 is 27.2 Å². The molecule has 3 rings (SSSR count). The Kier molecular flexibility index (Phi) is 4.14. The summed E-state index contributed by atoms with van der Waals surface area (Å²) in [6, 6.07) is 4.99. The zero-order valence-corrected chi connectivity index (χ0v) is 14.2. The molecule has 0 bridgehead atoms. The molecule has 0 aliphatic carbocycles. The molecule has 0 atom stereocenters. The maximum Gasteiger partial charge on any atom is 0.272 e. The molecule has 9 heteroatoms. The van der Waals surface area contributed by atoms with Crippen molar-refractivity contribution in [1.29, 1.82) is 0 Å². The highest BCUT2D eigenvalue weighted by atomic mass is 32.2. The van der Waals surface area contributed by atoms with Crippen molar-refractivity contribution in [3.63, 3.8) is 0 Å². The molecule has 120 valence electrons. The van der Waals surface area contributed by atoms with Crippen LogP contribution in [0.5, 0.6) is 0 Å². The molecule has 23 heavy (non-hydrogen) atoms. The van der Waals surface area contributed by atoms with E-state index in [-0.39, 0.29) is 10.0 Å². The first-order chi connectivity index (χ1) is 11.0. The number of sulfonamides is 1. The van der Waals surface area contributed by atoms with Gasteiger partial charge in [-0.25, -0.2) is 23.4 Å². The Morgan fingerprint density at radius 2 is 2.09 bits per heavy atom. The fourth-order valence-corrected chi connectivity index (χ4v) is 4.33. The van der Waals surface area contributed by atoms with Crippen LogP contribution < -0.4 is 4.72 Å². The molecule has 0 unspecified atom stereocenters. The van der Waals surface area contributed by atoms with Crippen LogP contribution in [-0.2, 0) is 16.4 Å². The zero-order valence-electron chi connectivity index (χ0n) is 12.6. The summed E-state index contributed by atoms with van der Waals surface area (Å²) in [5.74, 6) is 1.52. The lowest BCUT2D eigenvalue weighted by Gasteiger charge is -2.08. The van der Waals surface area contributed by atoms with Gasteiger partial charge in [-0.05, 0) is 25.5 Å². The number of nitrogens with zero attached hydrogens (tertiary/aromatic N) is 4. The second-order valence-corrected chi connectivity index (χ2v) is 7.86. The SMILES string of the molecule is CCc1ccc(S(=O)(=O)Nc2cc(-n3ccnc3C)ncn2)s1. The van der Waals surface area contributed by atoms with Crippen LogP contribution in [-0.4, -0.2) is 27.9 Å². The van der Waals surface area contributed by atoms with Gasteiger partial charge in [0.25, 0.3) is 10.0 Å². The third kappa shape index (κ3) is 3.25. The highest BCUT2D eigenvalue weighted by Gasteiger charge is 2.18. The Balaban J connectivity index is 1.89. The predicted molar refractivity (Wildman–Crippen MR) is 88.4 cm³/mol. The summed E-state index contributed by atoms with van der Waals surface area (Å²) in [6.45, 7) is 3.82. The van der Waals surface area contributed by atoms with Crippen LogP contribution in [0.3, 0.4) is 0 Å². The molecule has 7 nitrogen and oxygen atoms in total. The summed E-state index contributed by atoms with van der Waals surface area (Å²) in [6.07, 6.45) is 5.53. The van der Waals surface area contributed by atoms with E-state index in [1.54, 1.807) is 29.1 Å². The lowest BCUT2D eigenvalue weighted by atomic mass is 10.4. The van der Waals surface area contributed by atoms with Crippen molar-refractivity contribution in [3.8, 4) is 5.82 Å². The molecule has 1 N–H and O–H groups in total. The van der Waals surface area contributed by atoms with Crippen LogP contribution in [0.2, 0.25) is 0 Å². The van der Waals surface area contributed by atoms with E-state index in [9.17, 15) is 8.42 Å². The van der Waals surface area contributed by atoms with Gasteiger partial charge in [-0.1, -0.05) is 6.92 Å². The Morgan fingerprint density at radius 3 is 2.74 bits per heavy atom. The highest BCUT2D eigenvalue weighted by molar-refractivity contribution is 7.94. The van der Waals surface area contributed by atoms with Crippen LogP contribution in [0.4, 0.5) is 5.82 Å². The van der Waals surface area contributed by atoms with Crippen LogP contribution in [0, 0.1) is 6.92 Å². The lowest BCUT2D eigenvalue weighted by molar-refractivity contribution is 0.603. The summed E-state index contributed by atoms with van der Waals surface area (Å²) in [5.41, 5.74) is 0. The molecule has 0 saturated heterocycles. The van der Waals surface area contributed by atoms with Gasteiger partial charge in [0.05, 0.1) is 0 Å². The van der Waals surface area contributed by atoms with Crippen LogP contribution in [0.15, 0.2) is 41.1 Å². The van der Waals surface area contributed by atoms with Gasteiger partial charge in [0.2, 0.25) is 0 Å². The largest absolute Gasteiger partial charge is 0.288 e. The van der Waals surface area contributed by atoms with Crippen molar-refractivity contribution < 1.29 is 8.42 Å². The standard InChI is InChI=1S/C14H15N5O2S2/c1-3-11-4-5-14(22-11)23(20,21)18-12-8-13(17-9-16-12)19-7-6-15-10(19)2/h4-9H,3H2,1-2H3,(H,16,17,18). The predicted octanol–water partition coefficient (Wildman–Crippen LogP) is 2.40. The molecule has 0 fully saturated rings. The summed E-state index contributed by atoms with van der Waals surface area (Å²) in [5, 5.41) is 0.